The maximum atomic E-state index is 12.0. The minimum atomic E-state index is -0.0829. The molecule has 0 spiro atoms. The van der Waals surface area contributed by atoms with Gasteiger partial charge in [-0.15, -0.1) is 10.2 Å². The van der Waals surface area contributed by atoms with Crippen molar-refractivity contribution in [1.82, 2.24) is 15.2 Å². The van der Waals surface area contributed by atoms with Crippen molar-refractivity contribution in [3.63, 3.8) is 0 Å². The van der Waals surface area contributed by atoms with Crippen LogP contribution in [0.5, 0.6) is 0 Å². The molecule has 1 amide bonds. The average molecular weight is 308 g/mol. The van der Waals surface area contributed by atoms with Crippen LogP contribution in [0, 0.1) is 6.92 Å². The van der Waals surface area contributed by atoms with Crippen molar-refractivity contribution >= 4 is 11.6 Å². The Morgan fingerprint density at radius 3 is 2.83 bits per heavy atom. The SMILES string of the molecule is Cc1ccccc1NC(=O)CCc1nnc(-c2cccnc2)o1. The van der Waals surface area contributed by atoms with Crippen molar-refractivity contribution in [3.05, 3.63) is 60.2 Å². The molecular weight excluding hydrogens is 292 g/mol. The van der Waals surface area contributed by atoms with Crippen molar-refractivity contribution in [3.8, 4) is 11.5 Å². The van der Waals surface area contributed by atoms with E-state index in [1.807, 2.05) is 37.3 Å². The highest BCUT2D eigenvalue weighted by Crippen LogP contribution is 2.17. The first kappa shape index (κ1) is 14.9. The summed E-state index contributed by atoms with van der Waals surface area (Å²) in [5, 5.41) is 10.8. The zero-order valence-corrected chi connectivity index (χ0v) is 12.7. The monoisotopic (exact) mass is 308 g/mol. The fourth-order valence-electron chi connectivity index (χ4n) is 2.11. The quantitative estimate of drug-likeness (QED) is 0.783. The molecule has 2 heterocycles. The van der Waals surface area contributed by atoms with Crippen molar-refractivity contribution in [2.24, 2.45) is 0 Å². The molecule has 23 heavy (non-hydrogen) atoms. The first-order chi connectivity index (χ1) is 11.2. The van der Waals surface area contributed by atoms with Gasteiger partial charge in [0.05, 0.1) is 5.56 Å². The molecule has 0 aliphatic carbocycles. The molecule has 0 aliphatic heterocycles. The van der Waals surface area contributed by atoms with Crippen LogP contribution in [0.25, 0.3) is 11.5 Å². The van der Waals surface area contributed by atoms with Crippen LogP contribution in [0.1, 0.15) is 17.9 Å². The fourth-order valence-corrected chi connectivity index (χ4v) is 2.11. The van der Waals surface area contributed by atoms with Gasteiger partial charge in [-0.3, -0.25) is 9.78 Å². The average Bonchev–Trinajstić information content (AvgIpc) is 3.05. The minimum Gasteiger partial charge on any atom is -0.421 e. The predicted octanol–water partition coefficient (Wildman–Crippen LogP) is 3.01. The molecule has 6 heteroatoms. The molecule has 0 saturated heterocycles. The Morgan fingerprint density at radius 1 is 1.17 bits per heavy atom. The van der Waals surface area contributed by atoms with E-state index in [0.29, 0.717) is 18.2 Å². The number of hydrogen-bond acceptors (Lipinski definition) is 5. The van der Waals surface area contributed by atoms with E-state index in [1.54, 1.807) is 18.5 Å². The fraction of sp³-hybridized carbons (Fsp3) is 0.176. The minimum absolute atomic E-state index is 0.0829. The molecule has 0 unspecified atom stereocenters. The number of aromatic nitrogens is 3. The number of carbonyl (C=O) groups excluding carboxylic acids is 1. The Bertz CT molecular complexity index is 799. The molecular formula is C17H16N4O2. The standard InChI is InChI=1S/C17H16N4O2/c1-12-5-2-3-7-14(12)19-15(22)8-9-16-20-21-17(23-16)13-6-4-10-18-11-13/h2-7,10-11H,8-9H2,1H3,(H,19,22). The molecule has 6 nitrogen and oxygen atoms in total. The molecule has 1 aromatic carbocycles. The van der Waals surface area contributed by atoms with Crippen LogP contribution in [0.2, 0.25) is 0 Å². The smallest absolute Gasteiger partial charge is 0.249 e. The van der Waals surface area contributed by atoms with E-state index >= 15 is 0 Å². The van der Waals surface area contributed by atoms with Crippen molar-refractivity contribution in [1.29, 1.82) is 0 Å². The summed E-state index contributed by atoms with van der Waals surface area (Å²) in [4.78, 5) is 16.0. The summed E-state index contributed by atoms with van der Waals surface area (Å²) < 4.78 is 5.55. The third-order valence-electron chi connectivity index (χ3n) is 3.36. The van der Waals surface area contributed by atoms with E-state index in [2.05, 4.69) is 20.5 Å². The van der Waals surface area contributed by atoms with E-state index < -0.39 is 0 Å². The van der Waals surface area contributed by atoms with E-state index in [0.717, 1.165) is 16.8 Å². The van der Waals surface area contributed by atoms with Gasteiger partial charge in [-0.1, -0.05) is 18.2 Å². The Morgan fingerprint density at radius 2 is 2.04 bits per heavy atom. The van der Waals surface area contributed by atoms with Gasteiger partial charge in [-0.05, 0) is 30.7 Å². The molecule has 116 valence electrons. The highest BCUT2D eigenvalue weighted by Gasteiger charge is 2.11. The summed E-state index contributed by atoms with van der Waals surface area (Å²) >= 11 is 0. The van der Waals surface area contributed by atoms with Crippen molar-refractivity contribution in [2.75, 3.05) is 5.32 Å². The summed E-state index contributed by atoms with van der Waals surface area (Å²) in [7, 11) is 0. The highest BCUT2D eigenvalue weighted by atomic mass is 16.4. The van der Waals surface area contributed by atoms with E-state index in [9.17, 15) is 4.79 Å². The number of amides is 1. The number of anilines is 1. The molecule has 1 N–H and O–H groups in total. The normalized spacial score (nSPS) is 10.5. The lowest BCUT2D eigenvalue weighted by Crippen LogP contribution is -2.13. The van der Waals surface area contributed by atoms with Crippen LogP contribution in [-0.4, -0.2) is 21.1 Å². The molecule has 0 atom stereocenters. The number of carbonyl (C=O) groups is 1. The second-order valence-electron chi connectivity index (χ2n) is 5.11. The lowest BCUT2D eigenvalue weighted by molar-refractivity contribution is -0.116. The zero-order valence-electron chi connectivity index (χ0n) is 12.7. The first-order valence-corrected chi connectivity index (χ1v) is 7.30. The van der Waals surface area contributed by atoms with Gasteiger partial charge in [0.1, 0.15) is 0 Å². The van der Waals surface area contributed by atoms with Gasteiger partial charge in [0, 0.05) is 30.9 Å². The van der Waals surface area contributed by atoms with E-state index in [4.69, 9.17) is 4.42 Å². The molecule has 0 bridgehead atoms. The summed E-state index contributed by atoms with van der Waals surface area (Å²) in [6.07, 6.45) is 4.01. The number of pyridine rings is 1. The summed E-state index contributed by atoms with van der Waals surface area (Å²) in [6, 6.07) is 11.3. The topological polar surface area (TPSA) is 80.9 Å². The van der Waals surface area contributed by atoms with Crippen LogP contribution in [-0.2, 0) is 11.2 Å². The van der Waals surface area contributed by atoms with Crippen molar-refractivity contribution < 1.29 is 9.21 Å². The van der Waals surface area contributed by atoms with Gasteiger partial charge in [0.25, 0.3) is 0 Å². The number of nitrogens with zero attached hydrogens (tertiary/aromatic N) is 3. The number of rotatable bonds is 5. The second kappa shape index (κ2) is 6.83. The van der Waals surface area contributed by atoms with Crippen LogP contribution < -0.4 is 5.32 Å². The highest BCUT2D eigenvalue weighted by molar-refractivity contribution is 5.91. The molecule has 3 aromatic rings. The lowest BCUT2D eigenvalue weighted by Gasteiger charge is -2.06. The number of hydrogen-bond donors (Lipinski definition) is 1. The van der Waals surface area contributed by atoms with Crippen LogP contribution in [0.4, 0.5) is 5.69 Å². The number of aryl methyl sites for hydroxylation is 2. The predicted molar refractivity (Wildman–Crippen MR) is 85.7 cm³/mol. The van der Waals surface area contributed by atoms with E-state index in [-0.39, 0.29) is 12.3 Å². The van der Waals surface area contributed by atoms with Gasteiger partial charge < -0.3 is 9.73 Å². The van der Waals surface area contributed by atoms with Crippen LogP contribution in [0.3, 0.4) is 0 Å². The van der Waals surface area contributed by atoms with Gasteiger partial charge in [-0.25, -0.2) is 0 Å². The molecule has 3 rings (SSSR count). The third kappa shape index (κ3) is 3.79. The van der Waals surface area contributed by atoms with Gasteiger partial charge >= 0.3 is 0 Å². The Balaban J connectivity index is 1.58. The van der Waals surface area contributed by atoms with Crippen LogP contribution in [0.15, 0.2) is 53.2 Å². The molecule has 0 aliphatic rings. The number of benzene rings is 1. The summed E-state index contributed by atoms with van der Waals surface area (Å²) in [5.74, 6) is 0.761. The van der Waals surface area contributed by atoms with Gasteiger partial charge in [0.15, 0.2) is 0 Å². The maximum Gasteiger partial charge on any atom is 0.249 e. The Kier molecular flexibility index (Phi) is 4.42. The van der Waals surface area contributed by atoms with Gasteiger partial charge in [0.2, 0.25) is 17.7 Å². The maximum absolute atomic E-state index is 12.0. The zero-order chi connectivity index (χ0) is 16.1. The lowest BCUT2D eigenvalue weighted by atomic mass is 10.2. The summed E-state index contributed by atoms with van der Waals surface area (Å²) in [6.45, 7) is 1.95. The van der Waals surface area contributed by atoms with Crippen LogP contribution >= 0.6 is 0 Å². The second-order valence-corrected chi connectivity index (χ2v) is 5.11. The third-order valence-corrected chi connectivity index (χ3v) is 3.36. The Labute approximate surface area is 133 Å². The van der Waals surface area contributed by atoms with E-state index in [1.165, 1.54) is 0 Å². The van der Waals surface area contributed by atoms with Crippen molar-refractivity contribution in [2.45, 2.75) is 19.8 Å². The molecule has 0 fully saturated rings. The Hall–Kier alpha value is -3.02. The molecule has 0 radical (unpaired) electrons. The molecule has 0 saturated carbocycles. The van der Waals surface area contributed by atoms with Gasteiger partial charge in [-0.2, -0.15) is 0 Å². The largest absolute Gasteiger partial charge is 0.421 e. The first-order valence-electron chi connectivity index (χ1n) is 7.30. The summed E-state index contributed by atoms with van der Waals surface area (Å²) in [5.41, 5.74) is 2.60. The molecule has 2 aromatic heterocycles. The number of para-hydroxylation sites is 1. The number of nitrogens with one attached hydrogen (secondary N) is 1.